The first kappa shape index (κ1) is 22.1. The highest BCUT2D eigenvalue weighted by Crippen LogP contribution is 2.27. The summed E-state index contributed by atoms with van der Waals surface area (Å²) in [5.41, 5.74) is 0.797. The van der Waals surface area contributed by atoms with E-state index >= 15 is 0 Å². The summed E-state index contributed by atoms with van der Waals surface area (Å²) in [6.45, 7) is 0.564. The minimum absolute atomic E-state index is 0.171. The number of nitrogens with one attached hydrogen (secondary N) is 1. The van der Waals surface area contributed by atoms with Crippen LogP contribution in [0.25, 0.3) is 0 Å². The van der Waals surface area contributed by atoms with Gasteiger partial charge in [-0.2, -0.15) is 0 Å². The minimum atomic E-state index is -1.37. The van der Waals surface area contributed by atoms with Crippen LogP contribution in [0.5, 0.6) is 5.75 Å². The van der Waals surface area contributed by atoms with Crippen LogP contribution >= 0.6 is 0 Å². The summed E-state index contributed by atoms with van der Waals surface area (Å²) in [7, 11) is 0. The van der Waals surface area contributed by atoms with Crippen LogP contribution in [0.4, 0.5) is 14.9 Å². The molecule has 2 aromatic rings. The predicted octanol–water partition coefficient (Wildman–Crippen LogP) is 3.49. The Labute approximate surface area is 186 Å². The number of carbonyl (C=O) groups excluding carboxylic acids is 2. The molecule has 4 rings (SSSR count). The molecule has 0 aromatic heterocycles. The number of ether oxygens (including phenoxy) is 1. The second-order valence-corrected chi connectivity index (χ2v) is 8.23. The number of carbonyl (C=O) groups is 2. The van der Waals surface area contributed by atoms with Gasteiger partial charge in [-0.25, -0.2) is 9.18 Å². The van der Waals surface area contributed by atoms with Crippen molar-refractivity contribution in [1.82, 2.24) is 10.2 Å². The highest BCUT2D eigenvalue weighted by atomic mass is 19.1. The van der Waals surface area contributed by atoms with Gasteiger partial charge in [-0.15, -0.1) is 0 Å². The molecular weight excluding hydrogens is 413 g/mol. The van der Waals surface area contributed by atoms with Crippen molar-refractivity contribution in [2.75, 3.05) is 18.0 Å². The fraction of sp³-hybridized carbons (Fsp3) is 0.417. The summed E-state index contributed by atoms with van der Waals surface area (Å²) < 4.78 is 19.6. The number of hydrogen-bond donors (Lipinski definition) is 2. The van der Waals surface area contributed by atoms with Gasteiger partial charge in [0.1, 0.15) is 11.6 Å². The minimum Gasteiger partial charge on any atom is -0.466 e. The third-order valence-electron chi connectivity index (χ3n) is 6.07. The van der Waals surface area contributed by atoms with Crippen LogP contribution in [0, 0.1) is 11.7 Å². The van der Waals surface area contributed by atoms with E-state index in [1.165, 1.54) is 23.1 Å². The highest BCUT2D eigenvalue weighted by molar-refractivity contribution is 5.95. The zero-order valence-electron chi connectivity index (χ0n) is 17.8. The summed E-state index contributed by atoms with van der Waals surface area (Å²) in [5.74, 6) is -0.702. The van der Waals surface area contributed by atoms with Crippen molar-refractivity contribution < 1.29 is 23.8 Å². The monoisotopic (exact) mass is 441 g/mol. The van der Waals surface area contributed by atoms with Crippen LogP contribution in [0.2, 0.25) is 0 Å². The molecular formula is C24H28FN3O4. The molecule has 1 heterocycles. The van der Waals surface area contributed by atoms with Crippen LogP contribution < -0.4 is 15.0 Å². The van der Waals surface area contributed by atoms with Crippen molar-refractivity contribution in [3.8, 4) is 5.75 Å². The Morgan fingerprint density at radius 1 is 1.00 bits per heavy atom. The largest absolute Gasteiger partial charge is 0.466 e. The summed E-state index contributed by atoms with van der Waals surface area (Å²) in [4.78, 5) is 28.4. The lowest BCUT2D eigenvalue weighted by Crippen LogP contribution is -2.65. The number of piperazine rings is 1. The van der Waals surface area contributed by atoms with E-state index in [-0.39, 0.29) is 24.1 Å². The third kappa shape index (κ3) is 5.02. The average Bonchev–Trinajstić information content (AvgIpc) is 2.81. The van der Waals surface area contributed by atoms with Crippen LogP contribution in [-0.2, 0) is 4.79 Å². The maximum Gasteiger partial charge on any atom is 0.326 e. The molecule has 8 heteroatoms. The van der Waals surface area contributed by atoms with E-state index in [9.17, 15) is 19.1 Å². The number of urea groups is 1. The van der Waals surface area contributed by atoms with Gasteiger partial charge in [-0.1, -0.05) is 43.5 Å². The number of rotatable bonds is 4. The van der Waals surface area contributed by atoms with Gasteiger partial charge in [-0.05, 0) is 37.1 Å². The predicted molar refractivity (Wildman–Crippen MR) is 117 cm³/mol. The first-order chi connectivity index (χ1) is 15.5. The van der Waals surface area contributed by atoms with E-state index in [0.717, 1.165) is 37.8 Å². The zero-order valence-corrected chi connectivity index (χ0v) is 17.8. The molecule has 2 N–H and O–H groups in total. The van der Waals surface area contributed by atoms with Crippen LogP contribution in [0.15, 0.2) is 54.6 Å². The van der Waals surface area contributed by atoms with E-state index in [1.54, 1.807) is 6.07 Å². The lowest BCUT2D eigenvalue weighted by Gasteiger charge is -2.45. The van der Waals surface area contributed by atoms with Gasteiger partial charge in [0.05, 0.1) is 0 Å². The Morgan fingerprint density at radius 2 is 1.75 bits per heavy atom. The van der Waals surface area contributed by atoms with E-state index in [1.807, 2.05) is 35.2 Å². The Balaban J connectivity index is 1.51. The quantitative estimate of drug-likeness (QED) is 0.759. The lowest BCUT2D eigenvalue weighted by atomic mass is 9.89. The molecule has 32 heavy (non-hydrogen) atoms. The van der Waals surface area contributed by atoms with Gasteiger partial charge in [-0.3, -0.25) is 15.0 Å². The molecule has 1 saturated heterocycles. The topological polar surface area (TPSA) is 82.1 Å². The van der Waals surface area contributed by atoms with E-state index in [2.05, 4.69) is 5.32 Å². The fourth-order valence-electron chi connectivity index (χ4n) is 4.36. The van der Waals surface area contributed by atoms with Crippen molar-refractivity contribution >= 4 is 17.6 Å². The molecule has 2 unspecified atom stereocenters. The number of anilines is 1. The van der Waals surface area contributed by atoms with Crippen molar-refractivity contribution in [2.45, 2.75) is 44.6 Å². The molecule has 1 aliphatic carbocycles. The first-order valence-corrected chi connectivity index (χ1v) is 11.1. The first-order valence-electron chi connectivity index (χ1n) is 11.1. The Morgan fingerprint density at radius 3 is 2.47 bits per heavy atom. The molecule has 2 atom stereocenters. The van der Waals surface area contributed by atoms with Gasteiger partial charge in [0.2, 0.25) is 12.1 Å². The number of amides is 3. The van der Waals surface area contributed by atoms with Gasteiger partial charge in [0.25, 0.3) is 0 Å². The van der Waals surface area contributed by atoms with Crippen molar-refractivity contribution in [1.29, 1.82) is 0 Å². The summed E-state index contributed by atoms with van der Waals surface area (Å²) in [6.07, 6.45) is 2.26. The summed E-state index contributed by atoms with van der Waals surface area (Å²) in [6, 6.07) is 14.3. The molecule has 2 aromatic carbocycles. The Bertz CT molecular complexity index is 936. The summed E-state index contributed by atoms with van der Waals surface area (Å²) in [5, 5.41) is 13.5. The fourth-order valence-corrected chi connectivity index (χ4v) is 4.36. The van der Waals surface area contributed by atoms with Gasteiger partial charge in [0.15, 0.2) is 6.23 Å². The molecule has 0 spiro atoms. The van der Waals surface area contributed by atoms with Crippen LogP contribution in [0.3, 0.4) is 0 Å². The zero-order chi connectivity index (χ0) is 22.5. The second kappa shape index (κ2) is 9.99. The molecule has 3 amide bonds. The van der Waals surface area contributed by atoms with Gasteiger partial charge in [0, 0.05) is 30.8 Å². The Hall–Kier alpha value is -3.13. The summed E-state index contributed by atoms with van der Waals surface area (Å²) >= 11 is 0. The molecule has 1 aliphatic heterocycles. The van der Waals surface area contributed by atoms with Crippen molar-refractivity contribution in [3.05, 3.63) is 60.4 Å². The van der Waals surface area contributed by atoms with Crippen molar-refractivity contribution in [3.63, 3.8) is 0 Å². The lowest BCUT2D eigenvalue weighted by molar-refractivity contribution is -0.125. The molecule has 7 nitrogen and oxygen atoms in total. The smallest absolute Gasteiger partial charge is 0.326 e. The average molecular weight is 442 g/mol. The number of hydrogen-bond acceptors (Lipinski definition) is 5. The van der Waals surface area contributed by atoms with E-state index in [0.29, 0.717) is 6.54 Å². The number of nitrogens with zero attached hydrogens (tertiary/aromatic N) is 2. The SMILES string of the molecule is O=C(NC(=O)N1CCN(c2ccccc2)C(Oc2cccc(F)c2)C1O)C1CCCCC1. The second-order valence-electron chi connectivity index (χ2n) is 8.23. The number of imide groups is 1. The molecule has 1 saturated carbocycles. The van der Waals surface area contributed by atoms with Crippen LogP contribution in [-0.4, -0.2) is 47.5 Å². The number of benzene rings is 2. The van der Waals surface area contributed by atoms with Gasteiger partial charge < -0.3 is 14.7 Å². The molecule has 2 fully saturated rings. The van der Waals surface area contributed by atoms with E-state index in [4.69, 9.17) is 4.74 Å². The van der Waals surface area contributed by atoms with Gasteiger partial charge >= 0.3 is 6.03 Å². The normalized spacial score (nSPS) is 21.8. The standard InChI is InChI=1S/C24H28FN3O4/c25-18-10-7-13-20(16-18)32-23-22(30)28(15-14-27(23)19-11-5-2-6-12-19)24(31)26-21(29)17-8-3-1-4-9-17/h2,5-7,10-13,16-17,22-23,30H,1,3-4,8-9,14-15H2,(H,26,29,31). The number of aliphatic hydroxyl groups is 1. The van der Waals surface area contributed by atoms with Crippen LogP contribution in [0.1, 0.15) is 32.1 Å². The number of halogens is 1. The highest BCUT2D eigenvalue weighted by Gasteiger charge is 2.40. The molecule has 2 aliphatic rings. The van der Waals surface area contributed by atoms with Crippen molar-refractivity contribution in [2.24, 2.45) is 5.92 Å². The molecule has 0 bridgehead atoms. The number of aliphatic hydroxyl groups excluding tert-OH is 1. The maximum absolute atomic E-state index is 13.7. The van der Waals surface area contributed by atoms with E-state index < -0.39 is 24.3 Å². The third-order valence-corrected chi connectivity index (χ3v) is 6.07. The Kier molecular flexibility index (Phi) is 6.90. The number of para-hydroxylation sites is 1. The molecule has 170 valence electrons. The molecule has 0 radical (unpaired) electrons. The maximum atomic E-state index is 13.7.